The van der Waals surface area contributed by atoms with Crippen molar-refractivity contribution in [1.82, 2.24) is 6.15 Å². The lowest BCUT2D eigenvalue weighted by Crippen LogP contribution is -2.31. The maximum absolute atomic E-state index is 6.37. The molecule has 0 saturated heterocycles. The van der Waals surface area contributed by atoms with Gasteiger partial charge in [-0.2, -0.15) is 0 Å². The lowest BCUT2D eigenvalue weighted by Gasteiger charge is -2.31. The summed E-state index contributed by atoms with van der Waals surface area (Å²) in [5.41, 5.74) is 6.47. The van der Waals surface area contributed by atoms with Gasteiger partial charge < -0.3 is 16.2 Å². The molecule has 1 aliphatic heterocycles. The van der Waals surface area contributed by atoms with Crippen LogP contribution in [0.5, 0.6) is 11.5 Å². The molecule has 0 saturated carbocycles. The molecule has 29 heavy (non-hydrogen) atoms. The molecule has 1 heterocycles. The van der Waals surface area contributed by atoms with E-state index in [9.17, 15) is 0 Å². The fourth-order valence-corrected chi connectivity index (χ4v) is 4.44. The average Bonchev–Trinajstić information content (AvgIpc) is 2.66. The third-order valence-electron chi connectivity index (χ3n) is 5.64. The Morgan fingerprint density at radius 3 is 2.45 bits per heavy atom. The number of benzene rings is 3. The van der Waals surface area contributed by atoms with Crippen LogP contribution in [0, 0.1) is 0 Å². The highest BCUT2D eigenvalue weighted by atomic mass is 16.5. The van der Waals surface area contributed by atoms with E-state index in [1.54, 1.807) is 0 Å². The van der Waals surface area contributed by atoms with Gasteiger partial charge in [-0.1, -0.05) is 44.2 Å². The SMILES string of the molecule is CCc1ccc2c(Oc3ccc4c(c3)NC(C)(C)C=C4C)cccc2c1CC.N. The minimum atomic E-state index is -0.0538. The number of allylic oxidation sites excluding steroid dienone is 1. The maximum Gasteiger partial charge on any atom is 0.135 e. The van der Waals surface area contributed by atoms with Crippen molar-refractivity contribution in [2.24, 2.45) is 0 Å². The van der Waals surface area contributed by atoms with Gasteiger partial charge in [0.1, 0.15) is 11.5 Å². The normalized spacial score (nSPS) is 14.4. The molecule has 0 aliphatic carbocycles. The van der Waals surface area contributed by atoms with Gasteiger partial charge in [-0.25, -0.2) is 0 Å². The molecule has 4 N–H and O–H groups in total. The van der Waals surface area contributed by atoms with Crippen molar-refractivity contribution in [3.8, 4) is 11.5 Å². The number of fused-ring (bicyclic) bond motifs is 2. The fourth-order valence-electron chi connectivity index (χ4n) is 4.44. The number of hydrogen-bond acceptors (Lipinski definition) is 3. The lowest BCUT2D eigenvalue weighted by atomic mass is 9.91. The van der Waals surface area contributed by atoms with Crippen molar-refractivity contribution < 1.29 is 4.74 Å². The Morgan fingerprint density at radius 2 is 1.72 bits per heavy atom. The summed E-state index contributed by atoms with van der Waals surface area (Å²) < 4.78 is 6.37. The van der Waals surface area contributed by atoms with Crippen LogP contribution >= 0.6 is 0 Å². The van der Waals surface area contributed by atoms with Crippen molar-refractivity contribution >= 4 is 22.0 Å². The highest BCUT2D eigenvalue weighted by Crippen LogP contribution is 2.38. The lowest BCUT2D eigenvalue weighted by molar-refractivity contribution is 0.488. The molecule has 152 valence electrons. The Bertz CT molecular complexity index is 1080. The van der Waals surface area contributed by atoms with Crippen LogP contribution in [0.1, 0.15) is 51.3 Å². The average molecular weight is 389 g/mol. The maximum atomic E-state index is 6.37. The van der Waals surface area contributed by atoms with E-state index in [2.05, 4.69) is 94.5 Å². The second-order valence-corrected chi connectivity index (χ2v) is 8.25. The first-order valence-electron chi connectivity index (χ1n) is 10.2. The van der Waals surface area contributed by atoms with Gasteiger partial charge in [0.05, 0.1) is 5.54 Å². The summed E-state index contributed by atoms with van der Waals surface area (Å²) in [5, 5.41) is 6.09. The second-order valence-electron chi connectivity index (χ2n) is 8.25. The Morgan fingerprint density at radius 1 is 0.931 bits per heavy atom. The van der Waals surface area contributed by atoms with Crippen molar-refractivity contribution in [3.63, 3.8) is 0 Å². The zero-order valence-corrected chi connectivity index (χ0v) is 18.2. The van der Waals surface area contributed by atoms with Crippen LogP contribution in [-0.4, -0.2) is 5.54 Å². The van der Waals surface area contributed by atoms with Crippen molar-refractivity contribution in [2.45, 2.75) is 53.0 Å². The van der Waals surface area contributed by atoms with E-state index >= 15 is 0 Å². The molecule has 0 amide bonds. The van der Waals surface area contributed by atoms with E-state index in [1.165, 1.54) is 33.0 Å². The van der Waals surface area contributed by atoms with Crippen LogP contribution in [0.3, 0.4) is 0 Å². The first-order chi connectivity index (χ1) is 13.4. The van der Waals surface area contributed by atoms with E-state index in [0.717, 1.165) is 30.0 Å². The number of aryl methyl sites for hydroxylation is 2. The largest absolute Gasteiger partial charge is 0.457 e. The number of anilines is 1. The monoisotopic (exact) mass is 388 g/mol. The highest BCUT2D eigenvalue weighted by molar-refractivity contribution is 5.92. The summed E-state index contributed by atoms with van der Waals surface area (Å²) >= 11 is 0. The molecule has 0 aromatic heterocycles. The van der Waals surface area contributed by atoms with Gasteiger partial charge in [0.15, 0.2) is 0 Å². The molecule has 0 spiro atoms. The van der Waals surface area contributed by atoms with Crippen LogP contribution in [0.25, 0.3) is 16.3 Å². The first-order valence-corrected chi connectivity index (χ1v) is 10.2. The molecule has 4 rings (SSSR count). The first kappa shape index (κ1) is 20.9. The smallest absolute Gasteiger partial charge is 0.135 e. The number of rotatable bonds is 4. The Balaban J connectivity index is 0.00000240. The molecule has 3 nitrogen and oxygen atoms in total. The molecular formula is C26H32N2O. The van der Waals surface area contributed by atoms with Gasteiger partial charge in [0.2, 0.25) is 0 Å². The zero-order valence-electron chi connectivity index (χ0n) is 18.2. The predicted octanol–water partition coefficient (Wildman–Crippen LogP) is 7.53. The molecule has 3 aromatic carbocycles. The van der Waals surface area contributed by atoms with Crippen molar-refractivity contribution in [2.75, 3.05) is 5.32 Å². The highest BCUT2D eigenvalue weighted by Gasteiger charge is 2.22. The fraction of sp³-hybridized carbons (Fsp3) is 0.308. The van der Waals surface area contributed by atoms with E-state index in [1.807, 2.05) is 0 Å². The predicted molar refractivity (Wildman–Crippen MR) is 126 cm³/mol. The van der Waals surface area contributed by atoms with Crippen LogP contribution in [0.2, 0.25) is 0 Å². The molecule has 0 atom stereocenters. The molecule has 0 radical (unpaired) electrons. The van der Waals surface area contributed by atoms with E-state index in [0.29, 0.717) is 0 Å². The number of nitrogens with one attached hydrogen (secondary N) is 1. The Labute approximate surface area is 174 Å². The summed E-state index contributed by atoms with van der Waals surface area (Å²) in [4.78, 5) is 0. The standard InChI is InChI=1S/C26H29NO.H3N/c1-6-18-11-13-23-22(20(18)7-2)9-8-10-25(23)28-19-12-14-21-17(3)16-26(4,5)27-24(21)15-19;/h8-16,27H,6-7H2,1-5H3;1H3. The summed E-state index contributed by atoms with van der Waals surface area (Å²) in [6.07, 6.45) is 4.37. The van der Waals surface area contributed by atoms with Crippen LogP contribution < -0.4 is 16.2 Å². The van der Waals surface area contributed by atoms with E-state index < -0.39 is 0 Å². The molecular weight excluding hydrogens is 356 g/mol. The molecule has 1 aliphatic rings. The molecule has 0 fully saturated rings. The van der Waals surface area contributed by atoms with Gasteiger partial charge in [-0.3, -0.25) is 0 Å². The summed E-state index contributed by atoms with van der Waals surface area (Å²) in [6.45, 7) is 11.0. The zero-order chi connectivity index (χ0) is 19.9. The minimum Gasteiger partial charge on any atom is -0.457 e. The molecule has 0 unspecified atom stereocenters. The Kier molecular flexibility index (Phi) is 5.72. The topological polar surface area (TPSA) is 56.3 Å². The van der Waals surface area contributed by atoms with E-state index in [-0.39, 0.29) is 11.7 Å². The van der Waals surface area contributed by atoms with Gasteiger partial charge in [-0.15, -0.1) is 0 Å². The quantitative estimate of drug-likeness (QED) is 0.486. The van der Waals surface area contributed by atoms with E-state index in [4.69, 9.17) is 4.74 Å². The molecule has 0 bridgehead atoms. The second kappa shape index (κ2) is 7.92. The van der Waals surface area contributed by atoms with Crippen LogP contribution in [-0.2, 0) is 12.8 Å². The van der Waals surface area contributed by atoms with Gasteiger partial charge in [0, 0.05) is 22.7 Å². The van der Waals surface area contributed by atoms with Gasteiger partial charge in [-0.05, 0) is 73.9 Å². The Hall–Kier alpha value is -2.78. The molecule has 3 aromatic rings. The van der Waals surface area contributed by atoms with Gasteiger partial charge in [0.25, 0.3) is 0 Å². The summed E-state index contributed by atoms with van der Waals surface area (Å²) in [6, 6.07) is 17.2. The van der Waals surface area contributed by atoms with Crippen molar-refractivity contribution in [3.05, 3.63) is 71.3 Å². The van der Waals surface area contributed by atoms with Crippen molar-refractivity contribution in [1.29, 1.82) is 0 Å². The molecule has 3 heteroatoms. The number of ether oxygens (including phenoxy) is 1. The third-order valence-corrected chi connectivity index (χ3v) is 5.64. The van der Waals surface area contributed by atoms with Crippen LogP contribution in [0.15, 0.2) is 54.6 Å². The van der Waals surface area contributed by atoms with Crippen LogP contribution in [0.4, 0.5) is 5.69 Å². The minimum absolute atomic E-state index is 0. The van der Waals surface area contributed by atoms with Gasteiger partial charge >= 0.3 is 0 Å². The third kappa shape index (κ3) is 3.88. The summed E-state index contributed by atoms with van der Waals surface area (Å²) in [5.74, 6) is 1.78. The summed E-state index contributed by atoms with van der Waals surface area (Å²) in [7, 11) is 0. The number of hydrogen-bond donors (Lipinski definition) is 2.